The molecule has 0 aromatic heterocycles. The van der Waals surface area contributed by atoms with Gasteiger partial charge in [0.1, 0.15) is 0 Å². The van der Waals surface area contributed by atoms with Crippen LogP contribution in [0.4, 0.5) is 5.69 Å². The molecule has 1 aliphatic heterocycles. The van der Waals surface area contributed by atoms with Crippen molar-refractivity contribution >= 4 is 5.69 Å². The molecule has 1 heteroatoms. The van der Waals surface area contributed by atoms with Crippen LogP contribution in [0.3, 0.4) is 0 Å². The van der Waals surface area contributed by atoms with Crippen LogP contribution in [-0.4, -0.2) is 6.54 Å². The van der Waals surface area contributed by atoms with Gasteiger partial charge in [0.2, 0.25) is 0 Å². The Kier molecular flexibility index (Phi) is 2.42. The third-order valence-corrected chi connectivity index (χ3v) is 4.42. The molecule has 1 aromatic carbocycles. The van der Waals surface area contributed by atoms with E-state index in [1.165, 1.54) is 56.3 Å². The molecule has 0 radical (unpaired) electrons. The summed E-state index contributed by atoms with van der Waals surface area (Å²) >= 11 is 0. The lowest BCUT2D eigenvalue weighted by Crippen LogP contribution is -2.27. The molecule has 1 saturated carbocycles. The van der Waals surface area contributed by atoms with Crippen molar-refractivity contribution < 1.29 is 0 Å². The summed E-state index contributed by atoms with van der Waals surface area (Å²) < 4.78 is 0. The first kappa shape index (κ1) is 10.2. The maximum absolute atomic E-state index is 3.62. The van der Waals surface area contributed by atoms with Crippen LogP contribution in [0.25, 0.3) is 0 Å². The fourth-order valence-electron chi connectivity index (χ4n) is 3.46. The van der Waals surface area contributed by atoms with Gasteiger partial charge in [0, 0.05) is 17.6 Å². The summed E-state index contributed by atoms with van der Waals surface area (Å²) in [5.41, 5.74) is 4.88. The first-order valence-electron chi connectivity index (χ1n) is 6.65. The normalized spacial score (nSPS) is 22.6. The van der Waals surface area contributed by atoms with Gasteiger partial charge in [-0.2, -0.15) is 0 Å². The Bertz CT molecular complexity index is 386. The quantitative estimate of drug-likeness (QED) is 0.689. The lowest BCUT2D eigenvalue weighted by Gasteiger charge is -2.27. The Morgan fingerprint density at radius 3 is 2.56 bits per heavy atom. The van der Waals surface area contributed by atoms with Crippen LogP contribution < -0.4 is 5.32 Å². The SMILES string of the molecule is Cc1ccc2c(c1)C1(CCCCCC1)CN2. The van der Waals surface area contributed by atoms with Crippen molar-refractivity contribution in [3.8, 4) is 0 Å². The second-order valence-electron chi connectivity index (χ2n) is 5.60. The maximum Gasteiger partial charge on any atom is 0.0379 e. The summed E-state index contributed by atoms with van der Waals surface area (Å²) in [7, 11) is 0. The molecule has 1 nitrogen and oxygen atoms in total. The fraction of sp³-hybridized carbons (Fsp3) is 0.600. The van der Waals surface area contributed by atoms with E-state index >= 15 is 0 Å². The molecule has 1 aliphatic carbocycles. The zero-order valence-electron chi connectivity index (χ0n) is 10.2. The van der Waals surface area contributed by atoms with Crippen molar-refractivity contribution in [3.63, 3.8) is 0 Å². The highest BCUT2D eigenvalue weighted by Gasteiger charge is 2.38. The van der Waals surface area contributed by atoms with Gasteiger partial charge >= 0.3 is 0 Å². The molecule has 86 valence electrons. The van der Waals surface area contributed by atoms with Crippen LogP contribution in [0, 0.1) is 6.92 Å². The molecule has 16 heavy (non-hydrogen) atoms. The van der Waals surface area contributed by atoms with E-state index in [1.807, 2.05) is 0 Å². The minimum Gasteiger partial charge on any atom is -0.384 e. The van der Waals surface area contributed by atoms with Gasteiger partial charge in [0.15, 0.2) is 0 Å². The summed E-state index contributed by atoms with van der Waals surface area (Å²) in [6, 6.07) is 6.91. The zero-order valence-corrected chi connectivity index (χ0v) is 10.2. The molecular weight excluding hydrogens is 194 g/mol. The average molecular weight is 215 g/mol. The Morgan fingerprint density at radius 2 is 1.81 bits per heavy atom. The Balaban J connectivity index is 2.02. The topological polar surface area (TPSA) is 12.0 Å². The minimum atomic E-state index is 0.470. The van der Waals surface area contributed by atoms with E-state index < -0.39 is 0 Å². The molecule has 3 rings (SSSR count). The van der Waals surface area contributed by atoms with Crippen LogP contribution >= 0.6 is 0 Å². The summed E-state index contributed by atoms with van der Waals surface area (Å²) in [5, 5.41) is 3.62. The minimum absolute atomic E-state index is 0.470. The Morgan fingerprint density at radius 1 is 1.06 bits per heavy atom. The van der Waals surface area contributed by atoms with Crippen molar-refractivity contribution in [2.45, 2.75) is 50.9 Å². The second kappa shape index (κ2) is 3.80. The number of hydrogen-bond acceptors (Lipinski definition) is 1. The highest BCUT2D eigenvalue weighted by Crippen LogP contribution is 2.45. The smallest absolute Gasteiger partial charge is 0.0379 e. The molecule has 0 amide bonds. The number of hydrogen-bond donors (Lipinski definition) is 1. The van der Waals surface area contributed by atoms with E-state index in [4.69, 9.17) is 0 Å². The number of aryl methyl sites for hydroxylation is 1. The molecule has 1 heterocycles. The van der Waals surface area contributed by atoms with Crippen molar-refractivity contribution in [3.05, 3.63) is 29.3 Å². The summed E-state index contributed by atoms with van der Waals surface area (Å²) in [4.78, 5) is 0. The molecule has 0 bridgehead atoms. The lowest BCUT2D eigenvalue weighted by atomic mass is 9.75. The van der Waals surface area contributed by atoms with Crippen LogP contribution in [-0.2, 0) is 5.41 Å². The van der Waals surface area contributed by atoms with Crippen molar-refractivity contribution in [1.82, 2.24) is 0 Å². The number of benzene rings is 1. The van der Waals surface area contributed by atoms with Gasteiger partial charge in [0.25, 0.3) is 0 Å². The maximum atomic E-state index is 3.62. The van der Waals surface area contributed by atoms with Crippen molar-refractivity contribution in [2.24, 2.45) is 0 Å². The van der Waals surface area contributed by atoms with Crippen molar-refractivity contribution in [2.75, 3.05) is 11.9 Å². The average Bonchev–Trinajstić information content (AvgIpc) is 2.49. The molecule has 0 unspecified atom stereocenters. The van der Waals surface area contributed by atoms with E-state index in [0.717, 1.165) is 0 Å². The van der Waals surface area contributed by atoms with E-state index in [-0.39, 0.29) is 0 Å². The monoisotopic (exact) mass is 215 g/mol. The van der Waals surface area contributed by atoms with Gasteiger partial charge in [-0.05, 0) is 31.4 Å². The van der Waals surface area contributed by atoms with Gasteiger partial charge < -0.3 is 5.32 Å². The fourth-order valence-corrected chi connectivity index (χ4v) is 3.46. The number of anilines is 1. The standard InChI is InChI=1S/C15H21N/c1-12-6-7-14-13(10-12)15(11-16-14)8-4-2-3-5-9-15/h6-7,10,16H,2-5,8-9,11H2,1H3. The molecule has 1 aromatic rings. The van der Waals surface area contributed by atoms with E-state index in [0.29, 0.717) is 5.41 Å². The molecule has 0 saturated heterocycles. The predicted octanol–water partition coefficient (Wildman–Crippen LogP) is 4.01. The number of nitrogens with one attached hydrogen (secondary N) is 1. The summed E-state index contributed by atoms with van der Waals surface area (Å²) in [5.74, 6) is 0. The van der Waals surface area contributed by atoms with E-state index in [2.05, 4.69) is 30.4 Å². The summed E-state index contributed by atoms with van der Waals surface area (Å²) in [6.45, 7) is 3.38. The highest BCUT2D eigenvalue weighted by molar-refractivity contribution is 5.61. The molecular formula is C15H21N. The van der Waals surface area contributed by atoms with Gasteiger partial charge in [0.05, 0.1) is 0 Å². The van der Waals surface area contributed by atoms with Gasteiger partial charge in [-0.15, -0.1) is 0 Å². The molecule has 0 atom stereocenters. The highest BCUT2D eigenvalue weighted by atomic mass is 14.9. The lowest BCUT2D eigenvalue weighted by molar-refractivity contribution is 0.408. The molecule has 2 aliphatic rings. The number of fused-ring (bicyclic) bond motifs is 2. The summed E-state index contributed by atoms with van der Waals surface area (Å²) in [6.07, 6.45) is 8.46. The third-order valence-electron chi connectivity index (χ3n) is 4.42. The Hall–Kier alpha value is -0.980. The third kappa shape index (κ3) is 1.53. The van der Waals surface area contributed by atoms with E-state index in [1.54, 1.807) is 5.56 Å². The van der Waals surface area contributed by atoms with Gasteiger partial charge in [-0.1, -0.05) is 43.4 Å². The number of rotatable bonds is 0. The predicted molar refractivity (Wildman–Crippen MR) is 69.0 cm³/mol. The first-order valence-corrected chi connectivity index (χ1v) is 6.65. The second-order valence-corrected chi connectivity index (χ2v) is 5.60. The van der Waals surface area contributed by atoms with Gasteiger partial charge in [-0.25, -0.2) is 0 Å². The van der Waals surface area contributed by atoms with E-state index in [9.17, 15) is 0 Å². The van der Waals surface area contributed by atoms with Crippen LogP contribution in [0.5, 0.6) is 0 Å². The van der Waals surface area contributed by atoms with Gasteiger partial charge in [-0.3, -0.25) is 0 Å². The molecule has 1 spiro atoms. The molecule has 1 N–H and O–H groups in total. The first-order chi connectivity index (χ1) is 7.80. The zero-order chi connectivity index (χ0) is 11.0. The van der Waals surface area contributed by atoms with Crippen LogP contribution in [0.15, 0.2) is 18.2 Å². The Labute approximate surface area is 98.3 Å². The molecule has 1 fully saturated rings. The largest absolute Gasteiger partial charge is 0.384 e. The van der Waals surface area contributed by atoms with Crippen LogP contribution in [0.2, 0.25) is 0 Å². The van der Waals surface area contributed by atoms with Crippen molar-refractivity contribution in [1.29, 1.82) is 0 Å². The van der Waals surface area contributed by atoms with Crippen LogP contribution in [0.1, 0.15) is 49.7 Å².